The summed E-state index contributed by atoms with van der Waals surface area (Å²) in [5, 5.41) is 4.33. The Balaban J connectivity index is 1.62. The number of benzene rings is 2. The minimum atomic E-state index is -0.295. The Labute approximate surface area is 195 Å². The van der Waals surface area contributed by atoms with Crippen LogP contribution in [0, 0.1) is 0 Å². The molecule has 0 aliphatic heterocycles. The maximum Gasteiger partial charge on any atom is 0.268 e. The molecule has 0 radical (unpaired) electrons. The van der Waals surface area contributed by atoms with Gasteiger partial charge in [-0.15, -0.1) is 11.3 Å². The first kappa shape index (κ1) is 20.8. The van der Waals surface area contributed by atoms with E-state index < -0.39 is 0 Å². The Morgan fingerprint density at radius 1 is 1.12 bits per heavy atom. The Kier molecular flexibility index (Phi) is 5.49. The fourth-order valence-electron chi connectivity index (χ4n) is 4.37. The largest absolute Gasteiger partial charge is 0.495 e. The molecule has 32 heavy (non-hydrogen) atoms. The van der Waals surface area contributed by atoms with Crippen LogP contribution in [0.2, 0.25) is 5.02 Å². The number of nitrogen functional groups attached to an aromatic ring is 1. The number of halogens is 1. The molecule has 0 spiro atoms. The topological polar surface area (TPSA) is 77.2 Å². The second-order valence-electron chi connectivity index (χ2n) is 7.81. The van der Waals surface area contributed by atoms with E-state index in [4.69, 9.17) is 27.1 Å². The van der Waals surface area contributed by atoms with Crippen LogP contribution in [-0.2, 0) is 12.8 Å². The summed E-state index contributed by atoms with van der Waals surface area (Å²) in [5.41, 5.74) is 12.1. The SMILES string of the molecule is COc1ccc(Cl)cc1NC(=O)c1sc2nc(-c3ccccc3)c3c(c2c1N)CCCC3. The number of rotatable bonds is 4. The number of hydrogen-bond donors (Lipinski definition) is 2. The van der Waals surface area contributed by atoms with E-state index >= 15 is 0 Å². The van der Waals surface area contributed by atoms with E-state index in [9.17, 15) is 4.79 Å². The summed E-state index contributed by atoms with van der Waals surface area (Å²) in [6, 6.07) is 15.3. The number of fused-ring (bicyclic) bond motifs is 3. The number of pyridine rings is 1. The van der Waals surface area contributed by atoms with Crippen LogP contribution in [0.15, 0.2) is 48.5 Å². The maximum absolute atomic E-state index is 13.2. The highest BCUT2D eigenvalue weighted by Crippen LogP contribution is 2.42. The molecule has 2 aromatic heterocycles. The highest BCUT2D eigenvalue weighted by Gasteiger charge is 2.26. The summed E-state index contributed by atoms with van der Waals surface area (Å²) in [6.07, 6.45) is 4.15. The highest BCUT2D eigenvalue weighted by atomic mass is 35.5. The number of thiophene rings is 1. The minimum Gasteiger partial charge on any atom is -0.495 e. The van der Waals surface area contributed by atoms with Crippen molar-refractivity contribution in [3.05, 3.63) is 69.6 Å². The lowest BCUT2D eigenvalue weighted by atomic mass is 9.87. The predicted molar refractivity (Wildman–Crippen MR) is 132 cm³/mol. The molecule has 0 saturated carbocycles. The van der Waals surface area contributed by atoms with Gasteiger partial charge in [0.05, 0.1) is 24.2 Å². The third-order valence-corrected chi connectivity index (χ3v) is 7.19. The quantitative estimate of drug-likeness (QED) is 0.370. The van der Waals surface area contributed by atoms with E-state index in [0.717, 1.165) is 47.2 Å². The number of nitrogens with zero attached hydrogens (tertiary/aromatic N) is 1. The predicted octanol–water partition coefficient (Wildman–Crippen LogP) is 6.34. The molecule has 0 fully saturated rings. The van der Waals surface area contributed by atoms with Crippen molar-refractivity contribution in [2.75, 3.05) is 18.2 Å². The molecule has 1 aliphatic rings. The summed E-state index contributed by atoms with van der Waals surface area (Å²) in [6.45, 7) is 0. The van der Waals surface area contributed by atoms with Crippen molar-refractivity contribution in [1.29, 1.82) is 0 Å². The number of aryl methyl sites for hydroxylation is 1. The van der Waals surface area contributed by atoms with Gasteiger partial charge in [0.1, 0.15) is 15.5 Å². The Morgan fingerprint density at radius 2 is 1.88 bits per heavy atom. The number of hydrogen-bond acceptors (Lipinski definition) is 5. The van der Waals surface area contributed by atoms with Crippen molar-refractivity contribution < 1.29 is 9.53 Å². The number of methoxy groups -OCH3 is 1. The summed E-state index contributed by atoms with van der Waals surface area (Å²) in [7, 11) is 1.55. The van der Waals surface area contributed by atoms with Crippen LogP contribution < -0.4 is 15.8 Å². The lowest BCUT2D eigenvalue weighted by Gasteiger charge is -2.20. The van der Waals surface area contributed by atoms with Gasteiger partial charge in [0.15, 0.2) is 0 Å². The number of carbonyl (C=O) groups is 1. The average Bonchev–Trinajstić information content (AvgIpc) is 3.16. The first-order valence-corrected chi connectivity index (χ1v) is 11.7. The molecule has 3 N–H and O–H groups in total. The first-order valence-electron chi connectivity index (χ1n) is 10.5. The molecule has 0 saturated heterocycles. The zero-order valence-electron chi connectivity index (χ0n) is 17.6. The van der Waals surface area contributed by atoms with Gasteiger partial charge in [-0.1, -0.05) is 41.9 Å². The molecule has 4 aromatic rings. The van der Waals surface area contributed by atoms with Crippen LogP contribution >= 0.6 is 22.9 Å². The minimum absolute atomic E-state index is 0.295. The van der Waals surface area contributed by atoms with E-state index in [2.05, 4.69) is 17.4 Å². The second kappa shape index (κ2) is 8.45. The molecular formula is C25H22ClN3O2S. The lowest BCUT2D eigenvalue weighted by Crippen LogP contribution is -2.13. The maximum atomic E-state index is 13.2. The number of nitrogens with one attached hydrogen (secondary N) is 1. The van der Waals surface area contributed by atoms with Crippen molar-refractivity contribution >= 4 is 50.4 Å². The van der Waals surface area contributed by atoms with E-state index in [1.54, 1.807) is 25.3 Å². The van der Waals surface area contributed by atoms with E-state index in [-0.39, 0.29) is 5.91 Å². The molecule has 7 heteroatoms. The number of ether oxygens (including phenoxy) is 1. The van der Waals surface area contributed by atoms with Crippen molar-refractivity contribution in [1.82, 2.24) is 4.98 Å². The van der Waals surface area contributed by atoms with Gasteiger partial charge in [0.2, 0.25) is 0 Å². The number of anilines is 2. The monoisotopic (exact) mass is 463 g/mol. The lowest BCUT2D eigenvalue weighted by molar-refractivity contribution is 0.103. The van der Waals surface area contributed by atoms with Crippen molar-refractivity contribution in [2.45, 2.75) is 25.7 Å². The first-order chi connectivity index (χ1) is 15.6. The molecule has 162 valence electrons. The zero-order valence-corrected chi connectivity index (χ0v) is 19.1. The molecule has 1 aliphatic carbocycles. The van der Waals surface area contributed by atoms with Gasteiger partial charge in [0, 0.05) is 16.0 Å². The molecule has 0 bridgehead atoms. The van der Waals surface area contributed by atoms with Gasteiger partial charge >= 0.3 is 0 Å². The second-order valence-corrected chi connectivity index (χ2v) is 9.25. The summed E-state index contributed by atoms with van der Waals surface area (Å²) in [4.78, 5) is 19.4. The molecule has 5 rings (SSSR count). The van der Waals surface area contributed by atoms with Crippen LogP contribution in [0.25, 0.3) is 21.5 Å². The molecule has 2 aromatic carbocycles. The van der Waals surface area contributed by atoms with E-state index in [1.807, 2.05) is 18.2 Å². The number of amides is 1. The smallest absolute Gasteiger partial charge is 0.268 e. The third-order valence-electron chi connectivity index (χ3n) is 5.86. The summed E-state index contributed by atoms with van der Waals surface area (Å²) >= 11 is 7.44. The van der Waals surface area contributed by atoms with Gasteiger partial charge in [0.25, 0.3) is 5.91 Å². The Bertz CT molecular complexity index is 1330. The van der Waals surface area contributed by atoms with Crippen molar-refractivity contribution in [2.24, 2.45) is 0 Å². The highest BCUT2D eigenvalue weighted by molar-refractivity contribution is 7.21. The fourth-order valence-corrected chi connectivity index (χ4v) is 5.57. The third kappa shape index (κ3) is 3.59. The number of aromatic nitrogens is 1. The summed E-state index contributed by atoms with van der Waals surface area (Å²) in [5.74, 6) is 0.237. The average molecular weight is 464 g/mol. The van der Waals surface area contributed by atoms with Gasteiger partial charge in [-0.2, -0.15) is 0 Å². The van der Waals surface area contributed by atoms with Crippen LogP contribution in [0.4, 0.5) is 11.4 Å². The van der Waals surface area contributed by atoms with E-state index in [1.165, 1.54) is 22.5 Å². The zero-order chi connectivity index (χ0) is 22.2. The molecule has 5 nitrogen and oxygen atoms in total. The van der Waals surface area contributed by atoms with Crippen LogP contribution in [0.5, 0.6) is 5.75 Å². The molecule has 2 heterocycles. The molecule has 1 amide bonds. The fraction of sp³-hybridized carbons (Fsp3) is 0.200. The van der Waals surface area contributed by atoms with E-state index in [0.29, 0.717) is 27.0 Å². The Morgan fingerprint density at radius 3 is 2.62 bits per heavy atom. The van der Waals surface area contributed by atoms with Crippen LogP contribution in [-0.4, -0.2) is 18.0 Å². The van der Waals surface area contributed by atoms with Gasteiger partial charge in [-0.25, -0.2) is 4.98 Å². The number of carbonyl (C=O) groups excluding carboxylic acids is 1. The van der Waals surface area contributed by atoms with Crippen molar-refractivity contribution in [3.63, 3.8) is 0 Å². The normalized spacial score (nSPS) is 13.1. The molecule has 0 atom stereocenters. The van der Waals surface area contributed by atoms with Gasteiger partial charge in [-0.05, 0) is 55.0 Å². The Hall–Kier alpha value is -3.09. The van der Waals surface area contributed by atoms with Gasteiger partial charge in [-0.3, -0.25) is 4.79 Å². The number of nitrogens with two attached hydrogens (primary N) is 1. The molecular weight excluding hydrogens is 442 g/mol. The van der Waals surface area contributed by atoms with Crippen molar-refractivity contribution in [3.8, 4) is 17.0 Å². The summed E-state index contributed by atoms with van der Waals surface area (Å²) < 4.78 is 5.35. The van der Waals surface area contributed by atoms with Crippen LogP contribution in [0.3, 0.4) is 0 Å². The standard InChI is InChI=1S/C25H22ClN3O2S/c1-31-19-12-11-15(26)13-18(19)28-24(30)23-21(27)20-16-9-5-6-10-17(16)22(29-25(20)32-23)14-7-3-2-4-8-14/h2-4,7-8,11-13H,5-6,9-10,27H2,1H3,(H,28,30). The van der Waals surface area contributed by atoms with Gasteiger partial charge < -0.3 is 15.8 Å². The molecule has 0 unspecified atom stereocenters. The van der Waals surface area contributed by atoms with Crippen LogP contribution in [0.1, 0.15) is 33.6 Å².